The number of benzene rings is 1. The lowest BCUT2D eigenvalue weighted by molar-refractivity contribution is 0.0684. The number of hydrogen-bond donors (Lipinski definition) is 0. The van der Waals surface area contributed by atoms with Crippen LogP contribution < -0.4 is 0 Å². The molecule has 4 heteroatoms. The zero-order valence-corrected chi connectivity index (χ0v) is 13.2. The smallest absolute Gasteiger partial charge is 0.274 e. The average molecular weight is 288 g/mol. The van der Waals surface area contributed by atoms with Crippen LogP contribution in [0.15, 0.2) is 30.3 Å². The topological polar surface area (TPSA) is 33.2 Å². The number of nitrogens with zero attached hydrogens (tertiary/aromatic N) is 2. The van der Waals surface area contributed by atoms with Crippen molar-refractivity contribution in [3.05, 3.63) is 51.5 Å². The first kappa shape index (κ1) is 14.7. The molecule has 1 aromatic heterocycles. The number of hydrogen-bond acceptors (Lipinski definition) is 3. The molecule has 0 saturated carbocycles. The molecule has 3 nitrogen and oxygen atoms in total. The van der Waals surface area contributed by atoms with Crippen molar-refractivity contribution in [1.82, 2.24) is 9.88 Å². The van der Waals surface area contributed by atoms with E-state index in [4.69, 9.17) is 0 Å². The number of aromatic nitrogens is 1. The zero-order chi connectivity index (χ0) is 14.7. The summed E-state index contributed by atoms with van der Waals surface area (Å²) in [6.07, 6.45) is 0. The third kappa shape index (κ3) is 3.25. The number of carbonyl (C=O) groups is 1. The van der Waals surface area contributed by atoms with Gasteiger partial charge >= 0.3 is 0 Å². The third-order valence-corrected chi connectivity index (χ3v) is 4.07. The zero-order valence-electron chi connectivity index (χ0n) is 12.4. The monoisotopic (exact) mass is 288 g/mol. The first-order valence-corrected chi connectivity index (χ1v) is 7.59. The van der Waals surface area contributed by atoms with Crippen molar-refractivity contribution in [1.29, 1.82) is 0 Å². The summed E-state index contributed by atoms with van der Waals surface area (Å²) in [5.41, 5.74) is 1.73. The largest absolute Gasteiger partial charge is 0.331 e. The lowest BCUT2D eigenvalue weighted by Crippen LogP contribution is -2.36. The molecule has 0 spiro atoms. The van der Waals surface area contributed by atoms with Crippen molar-refractivity contribution in [3.63, 3.8) is 0 Å². The molecule has 0 aliphatic heterocycles. The number of thiazole rings is 1. The van der Waals surface area contributed by atoms with Gasteiger partial charge in [0.1, 0.15) is 5.69 Å². The first-order chi connectivity index (χ1) is 9.49. The second-order valence-electron chi connectivity index (χ2n) is 5.15. The Hall–Kier alpha value is -1.68. The van der Waals surface area contributed by atoms with Crippen molar-refractivity contribution < 1.29 is 4.79 Å². The summed E-state index contributed by atoms with van der Waals surface area (Å²) in [5.74, 6) is 0.0192. The molecule has 106 valence electrons. The average Bonchev–Trinajstić information content (AvgIpc) is 2.75. The number of rotatable bonds is 4. The van der Waals surface area contributed by atoms with Gasteiger partial charge in [-0.3, -0.25) is 4.79 Å². The molecule has 1 aromatic carbocycles. The fourth-order valence-electron chi connectivity index (χ4n) is 2.13. The summed E-state index contributed by atoms with van der Waals surface area (Å²) in [5, 5.41) is 0.939. The van der Waals surface area contributed by atoms with Crippen LogP contribution in [0.4, 0.5) is 0 Å². The minimum atomic E-state index is 0.0192. The molecule has 0 N–H and O–H groups in total. The number of amides is 1. The standard InChI is InChI=1S/C16H20N2OS/c1-11(2)18(10-14-8-6-5-7-9-14)16(19)15-12(3)20-13(4)17-15/h5-9,11H,10H2,1-4H3. The molecule has 2 rings (SSSR count). The van der Waals surface area contributed by atoms with Gasteiger partial charge in [0.15, 0.2) is 0 Å². The minimum Gasteiger partial charge on any atom is -0.331 e. The highest BCUT2D eigenvalue weighted by Gasteiger charge is 2.23. The summed E-state index contributed by atoms with van der Waals surface area (Å²) in [6.45, 7) is 8.59. The van der Waals surface area contributed by atoms with Crippen LogP contribution in [0.2, 0.25) is 0 Å². The van der Waals surface area contributed by atoms with E-state index in [2.05, 4.69) is 4.98 Å². The van der Waals surface area contributed by atoms with Crippen LogP contribution in [0, 0.1) is 13.8 Å². The Morgan fingerprint density at radius 1 is 1.25 bits per heavy atom. The molecule has 0 radical (unpaired) electrons. The highest BCUT2D eigenvalue weighted by Crippen LogP contribution is 2.20. The maximum absolute atomic E-state index is 12.7. The van der Waals surface area contributed by atoms with E-state index in [-0.39, 0.29) is 11.9 Å². The van der Waals surface area contributed by atoms with Gasteiger partial charge in [-0.2, -0.15) is 0 Å². The summed E-state index contributed by atoms with van der Waals surface area (Å²) in [7, 11) is 0. The second kappa shape index (κ2) is 6.18. The molecule has 0 unspecified atom stereocenters. The van der Waals surface area contributed by atoms with E-state index >= 15 is 0 Å². The van der Waals surface area contributed by atoms with Crippen LogP contribution in [0.3, 0.4) is 0 Å². The molecular formula is C16H20N2OS. The maximum atomic E-state index is 12.7. The normalized spacial score (nSPS) is 10.8. The van der Waals surface area contributed by atoms with Gasteiger partial charge in [-0.25, -0.2) is 4.98 Å². The SMILES string of the molecule is Cc1nc(C(=O)N(Cc2ccccc2)C(C)C)c(C)s1. The summed E-state index contributed by atoms with van der Waals surface area (Å²) in [4.78, 5) is 19.9. The predicted molar refractivity (Wildman–Crippen MR) is 83.0 cm³/mol. The predicted octanol–water partition coefficient (Wildman–Crippen LogP) is 3.81. The molecule has 0 aliphatic carbocycles. The molecule has 0 bridgehead atoms. The quantitative estimate of drug-likeness (QED) is 0.857. The molecule has 1 amide bonds. The highest BCUT2D eigenvalue weighted by molar-refractivity contribution is 7.11. The van der Waals surface area contributed by atoms with Gasteiger partial charge < -0.3 is 4.90 Å². The van der Waals surface area contributed by atoms with Crippen molar-refractivity contribution in [2.45, 2.75) is 40.3 Å². The fourth-order valence-corrected chi connectivity index (χ4v) is 2.94. The molecule has 0 fully saturated rings. The van der Waals surface area contributed by atoms with E-state index in [1.165, 1.54) is 0 Å². The van der Waals surface area contributed by atoms with Gasteiger partial charge in [0, 0.05) is 17.5 Å². The van der Waals surface area contributed by atoms with Gasteiger partial charge in [-0.1, -0.05) is 30.3 Å². The summed E-state index contributed by atoms with van der Waals surface area (Å²) < 4.78 is 0. The van der Waals surface area contributed by atoms with E-state index in [9.17, 15) is 4.79 Å². The van der Waals surface area contributed by atoms with Crippen molar-refractivity contribution >= 4 is 17.2 Å². The van der Waals surface area contributed by atoms with E-state index in [0.717, 1.165) is 15.4 Å². The number of aryl methyl sites for hydroxylation is 2. The van der Waals surface area contributed by atoms with Crippen molar-refractivity contribution in [3.8, 4) is 0 Å². The fraction of sp³-hybridized carbons (Fsp3) is 0.375. The molecule has 0 saturated heterocycles. The maximum Gasteiger partial charge on any atom is 0.274 e. The number of carbonyl (C=O) groups excluding carboxylic acids is 1. The summed E-state index contributed by atoms with van der Waals surface area (Å²) >= 11 is 1.57. The van der Waals surface area contributed by atoms with Gasteiger partial charge in [-0.05, 0) is 33.3 Å². The highest BCUT2D eigenvalue weighted by atomic mass is 32.1. The summed E-state index contributed by atoms with van der Waals surface area (Å²) in [6, 6.07) is 10.2. The lowest BCUT2D eigenvalue weighted by Gasteiger charge is -2.26. The van der Waals surface area contributed by atoms with E-state index < -0.39 is 0 Å². The first-order valence-electron chi connectivity index (χ1n) is 6.78. The van der Waals surface area contributed by atoms with Gasteiger partial charge in [0.2, 0.25) is 0 Å². The van der Waals surface area contributed by atoms with Gasteiger partial charge in [0.25, 0.3) is 5.91 Å². The Morgan fingerprint density at radius 3 is 2.40 bits per heavy atom. The minimum absolute atomic E-state index is 0.0192. The van der Waals surface area contributed by atoms with Crippen LogP contribution >= 0.6 is 11.3 Å². The Morgan fingerprint density at radius 2 is 1.90 bits per heavy atom. The van der Waals surface area contributed by atoms with Crippen molar-refractivity contribution in [2.24, 2.45) is 0 Å². The third-order valence-electron chi connectivity index (χ3n) is 3.19. The van der Waals surface area contributed by atoms with Crippen molar-refractivity contribution in [2.75, 3.05) is 0 Å². The van der Waals surface area contributed by atoms with Crippen LogP contribution in [0.1, 0.15) is 39.8 Å². The Bertz CT molecular complexity index is 590. The van der Waals surface area contributed by atoms with Crippen LogP contribution in [0.5, 0.6) is 0 Å². The van der Waals surface area contributed by atoms with E-state index in [1.807, 2.05) is 62.9 Å². The van der Waals surface area contributed by atoms with E-state index in [0.29, 0.717) is 12.2 Å². The molecule has 0 atom stereocenters. The van der Waals surface area contributed by atoms with Crippen LogP contribution in [-0.2, 0) is 6.54 Å². The molecule has 0 aliphatic rings. The Kier molecular flexibility index (Phi) is 4.55. The van der Waals surface area contributed by atoms with Gasteiger partial charge in [0.05, 0.1) is 5.01 Å². The van der Waals surface area contributed by atoms with Crippen LogP contribution in [0.25, 0.3) is 0 Å². The van der Waals surface area contributed by atoms with Crippen LogP contribution in [-0.4, -0.2) is 21.8 Å². The molecular weight excluding hydrogens is 268 g/mol. The molecule has 2 aromatic rings. The second-order valence-corrected chi connectivity index (χ2v) is 6.56. The Balaban J connectivity index is 2.25. The van der Waals surface area contributed by atoms with Gasteiger partial charge in [-0.15, -0.1) is 11.3 Å². The molecule has 20 heavy (non-hydrogen) atoms. The van der Waals surface area contributed by atoms with E-state index in [1.54, 1.807) is 11.3 Å². The lowest BCUT2D eigenvalue weighted by atomic mass is 10.1. The molecule has 1 heterocycles. The Labute approximate surface area is 124 Å².